The van der Waals surface area contributed by atoms with Crippen molar-refractivity contribution >= 4 is 22.6 Å². The van der Waals surface area contributed by atoms with E-state index in [0.717, 1.165) is 0 Å². The first-order valence-corrected chi connectivity index (χ1v) is 8.91. The summed E-state index contributed by atoms with van der Waals surface area (Å²) in [5, 5.41) is 3.12. The zero-order valence-corrected chi connectivity index (χ0v) is 15.4. The van der Waals surface area contributed by atoms with Gasteiger partial charge in [0.15, 0.2) is 5.43 Å². The number of anilines is 1. The van der Waals surface area contributed by atoms with Crippen LogP contribution in [0.2, 0.25) is 0 Å². The summed E-state index contributed by atoms with van der Waals surface area (Å²) in [6.07, 6.45) is 0. The van der Waals surface area contributed by atoms with Gasteiger partial charge in [0.25, 0.3) is 5.91 Å². The van der Waals surface area contributed by atoms with Crippen LogP contribution >= 0.6 is 0 Å². The Hall–Kier alpha value is -3.80. The number of pyridine rings is 1. The van der Waals surface area contributed by atoms with Crippen LogP contribution in [-0.2, 0) is 7.05 Å². The summed E-state index contributed by atoms with van der Waals surface area (Å²) in [7, 11) is 1.69. The Labute approximate surface area is 165 Å². The van der Waals surface area contributed by atoms with Crippen LogP contribution < -0.4 is 10.7 Å². The molecule has 4 aromatic rings. The van der Waals surface area contributed by atoms with Gasteiger partial charge in [0.05, 0.1) is 11.1 Å². The number of amides is 1. The van der Waals surface area contributed by atoms with Gasteiger partial charge < -0.3 is 9.88 Å². The van der Waals surface area contributed by atoms with Gasteiger partial charge in [-0.25, -0.2) is 8.78 Å². The molecule has 0 spiro atoms. The monoisotopic (exact) mass is 390 g/mol. The van der Waals surface area contributed by atoms with Gasteiger partial charge in [-0.2, -0.15) is 0 Å². The van der Waals surface area contributed by atoms with Crippen molar-refractivity contribution in [2.45, 2.75) is 0 Å². The van der Waals surface area contributed by atoms with Crippen LogP contribution in [0.5, 0.6) is 0 Å². The second-order valence-corrected chi connectivity index (χ2v) is 6.57. The standard InChI is InChI=1S/C23H16F2N2O2/c1-27-19-9-5-3-7-17(19)21(28)20(16-6-2-4-8-18(16)25)22(27)26-23(29)14-10-12-15(24)13-11-14/h2-13H,1H3,(H,26,29). The van der Waals surface area contributed by atoms with Gasteiger partial charge in [-0.05, 0) is 42.5 Å². The summed E-state index contributed by atoms with van der Waals surface area (Å²) < 4.78 is 29.4. The van der Waals surface area contributed by atoms with E-state index >= 15 is 0 Å². The second-order valence-electron chi connectivity index (χ2n) is 6.57. The maximum atomic E-state index is 14.6. The third kappa shape index (κ3) is 3.29. The van der Waals surface area contributed by atoms with E-state index in [4.69, 9.17) is 0 Å². The van der Waals surface area contributed by atoms with Crippen LogP contribution in [-0.4, -0.2) is 10.5 Å². The zero-order valence-electron chi connectivity index (χ0n) is 15.4. The number of benzene rings is 3. The SMILES string of the molecule is Cn1c(NC(=O)c2ccc(F)cc2)c(-c2ccccc2F)c(=O)c2ccccc21. The summed E-state index contributed by atoms with van der Waals surface area (Å²) >= 11 is 0. The number of nitrogens with zero attached hydrogens (tertiary/aromatic N) is 1. The Balaban J connectivity index is 1.96. The molecule has 29 heavy (non-hydrogen) atoms. The van der Waals surface area contributed by atoms with E-state index in [2.05, 4.69) is 5.32 Å². The first-order valence-electron chi connectivity index (χ1n) is 8.91. The van der Waals surface area contributed by atoms with E-state index in [0.29, 0.717) is 10.9 Å². The number of nitrogens with one attached hydrogen (secondary N) is 1. The third-order valence-electron chi connectivity index (χ3n) is 4.79. The number of fused-ring (bicyclic) bond motifs is 1. The average molecular weight is 390 g/mol. The number of aromatic nitrogens is 1. The highest BCUT2D eigenvalue weighted by Gasteiger charge is 2.21. The maximum Gasteiger partial charge on any atom is 0.256 e. The molecule has 4 nitrogen and oxygen atoms in total. The Bertz CT molecular complexity index is 1290. The van der Waals surface area contributed by atoms with Gasteiger partial charge >= 0.3 is 0 Å². The molecule has 4 rings (SSSR count). The summed E-state index contributed by atoms with van der Waals surface area (Å²) in [4.78, 5) is 26.0. The molecule has 0 radical (unpaired) electrons. The normalized spacial score (nSPS) is 10.9. The maximum absolute atomic E-state index is 14.6. The fourth-order valence-corrected chi connectivity index (χ4v) is 3.33. The summed E-state index contributed by atoms with van der Waals surface area (Å²) in [5.41, 5.74) is 0.560. The number of hydrogen-bond donors (Lipinski definition) is 1. The third-order valence-corrected chi connectivity index (χ3v) is 4.79. The van der Waals surface area contributed by atoms with E-state index in [9.17, 15) is 18.4 Å². The molecule has 1 heterocycles. The lowest BCUT2D eigenvalue weighted by Gasteiger charge is -2.18. The van der Waals surface area contributed by atoms with Crippen molar-refractivity contribution in [2.24, 2.45) is 7.05 Å². The van der Waals surface area contributed by atoms with Crippen molar-refractivity contribution in [1.29, 1.82) is 0 Å². The number of carbonyl (C=O) groups is 1. The number of carbonyl (C=O) groups excluding carboxylic acids is 1. The van der Waals surface area contributed by atoms with Crippen LogP contribution in [0.3, 0.4) is 0 Å². The molecule has 0 bridgehead atoms. The highest BCUT2D eigenvalue weighted by molar-refractivity contribution is 6.06. The van der Waals surface area contributed by atoms with Crippen LogP contribution in [0, 0.1) is 11.6 Å². The first-order chi connectivity index (χ1) is 14.0. The van der Waals surface area contributed by atoms with Crippen LogP contribution in [0.15, 0.2) is 77.6 Å². The first kappa shape index (κ1) is 18.6. The van der Waals surface area contributed by atoms with E-state index in [1.165, 1.54) is 42.5 Å². The topological polar surface area (TPSA) is 51.1 Å². The molecule has 144 valence electrons. The lowest BCUT2D eigenvalue weighted by Crippen LogP contribution is -2.21. The molecular formula is C23H16F2N2O2. The highest BCUT2D eigenvalue weighted by atomic mass is 19.1. The number of hydrogen-bond acceptors (Lipinski definition) is 2. The molecule has 0 aliphatic carbocycles. The fourth-order valence-electron chi connectivity index (χ4n) is 3.33. The van der Waals surface area contributed by atoms with Gasteiger partial charge in [-0.15, -0.1) is 0 Å². The number of aryl methyl sites for hydroxylation is 1. The van der Waals surface area contributed by atoms with Crippen molar-refractivity contribution in [2.75, 3.05) is 5.32 Å². The molecule has 0 aliphatic heterocycles. The van der Waals surface area contributed by atoms with Crippen LogP contribution in [0.25, 0.3) is 22.0 Å². The Morgan fingerprint density at radius 2 is 1.55 bits per heavy atom. The number of para-hydroxylation sites is 1. The molecule has 3 aromatic carbocycles. The van der Waals surface area contributed by atoms with Crippen molar-refractivity contribution in [1.82, 2.24) is 4.57 Å². The molecule has 1 aromatic heterocycles. The Morgan fingerprint density at radius 1 is 0.897 bits per heavy atom. The largest absolute Gasteiger partial charge is 0.330 e. The quantitative estimate of drug-likeness (QED) is 0.550. The van der Waals surface area contributed by atoms with Gasteiger partial charge in [-0.1, -0.05) is 30.3 Å². The minimum atomic E-state index is -0.572. The Kier molecular flexibility index (Phi) is 4.68. The molecule has 0 aliphatic rings. The predicted octanol–water partition coefficient (Wildman–Crippen LogP) is 4.74. The minimum Gasteiger partial charge on any atom is -0.330 e. The molecule has 0 atom stereocenters. The van der Waals surface area contributed by atoms with Gasteiger partial charge in [0.2, 0.25) is 0 Å². The van der Waals surface area contributed by atoms with E-state index < -0.39 is 23.0 Å². The van der Waals surface area contributed by atoms with Crippen molar-refractivity contribution in [3.63, 3.8) is 0 Å². The fraction of sp³-hybridized carbons (Fsp3) is 0.0435. The molecule has 0 saturated carbocycles. The van der Waals surface area contributed by atoms with Crippen LogP contribution in [0.4, 0.5) is 14.6 Å². The molecule has 0 unspecified atom stereocenters. The van der Waals surface area contributed by atoms with E-state index in [1.54, 1.807) is 41.9 Å². The smallest absolute Gasteiger partial charge is 0.256 e. The molecule has 1 N–H and O–H groups in total. The average Bonchev–Trinajstić information content (AvgIpc) is 2.73. The zero-order chi connectivity index (χ0) is 20.5. The van der Waals surface area contributed by atoms with E-state index in [-0.39, 0.29) is 22.5 Å². The molecule has 0 saturated heterocycles. The van der Waals surface area contributed by atoms with Crippen molar-refractivity contribution in [3.05, 3.63) is 100 Å². The van der Waals surface area contributed by atoms with Crippen molar-refractivity contribution < 1.29 is 13.6 Å². The van der Waals surface area contributed by atoms with Gasteiger partial charge in [0, 0.05) is 23.6 Å². The van der Waals surface area contributed by atoms with Gasteiger partial charge in [0.1, 0.15) is 17.5 Å². The second kappa shape index (κ2) is 7.31. The van der Waals surface area contributed by atoms with Gasteiger partial charge in [-0.3, -0.25) is 9.59 Å². The minimum absolute atomic E-state index is 0.0553. The van der Waals surface area contributed by atoms with Crippen LogP contribution in [0.1, 0.15) is 10.4 Å². The predicted molar refractivity (Wildman–Crippen MR) is 109 cm³/mol. The highest BCUT2D eigenvalue weighted by Crippen LogP contribution is 2.30. The van der Waals surface area contributed by atoms with E-state index in [1.807, 2.05) is 0 Å². The molecular weight excluding hydrogens is 374 g/mol. The summed E-state index contributed by atoms with van der Waals surface area (Å²) in [5.74, 6) is -1.41. The summed E-state index contributed by atoms with van der Waals surface area (Å²) in [6, 6.07) is 17.8. The number of halogens is 2. The number of rotatable bonds is 3. The Morgan fingerprint density at radius 3 is 2.28 bits per heavy atom. The lowest BCUT2D eigenvalue weighted by molar-refractivity contribution is 0.102. The van der Waals surface area contributed by atoms with Crippen molar-refractivity contribution in [3.8, 4) is 11.1 Å². The summed E-state index contributed by atoms with van der Waals surface area (Å²) in [6.45, 7) is 0. The lowest BCUT2D eigenvalue weighted by atomic mass is 10.0. The molecule has 0 fully saturated rings. The molecule has 1 amide bonds. The molecule has 6 heteroatoms.